The van der Waals surface area contributed by atoms with Gasteiger partial charge in [-0.1, -0.05) is 18.5 Å². The van der Waals surface area contributed by atoms with Crippen molar-refractivity contribution < 1.29 is 18.3 Å². The van der Waals surface area contributed by atoms with Crippen LogP contribution in [0.3, 0.4) is 0 Å². The van der Waals surface area contributed by atoms with E-state index in [1.165, 1.54) is 17.8 Å². The summed E-state index contributed by atoms with van der Waals surface area (Å²) in [4.78, 5) is 4.38. The molecule has 3 rings (SSSR count). The Hall–Kier alpha value is -1.58. The van der Waals surface area contributed by atoms with Gasteiger partial charge in [-0.3, -0.25) is 4.40 Å². The van der Waals surface area contributed by atoms with E-state index in [4.69, 9.17) is 16.7 Å². The first kappa shape index (κ1) is 17.2. The molecule has 0 amide bonds. The topological polar surface area (TPSA) is 63.3 Å². The fraction of sp³-hybridized carbons (Fsp3) is 0.357. The van der Waals surface area contributed by atoms with Gasteiger partial charge in [0.15, 0.2) is 5.65 Å². The van der Waals surface area contributed by atoms with Crippen LogP contribution >= 0.6 is 23.4 Å². The van der Waals surface area contributed by atoms with Gasteiger partial charge in [-0.2, -0.15) is 13.2 Å². The van der Waals surface area contributed by atoms with Crippen molar-refractivity contribution in [1.82, 2.24) is 19.6 Å². The van der Waals surface area contributed by atoms with Crippen LogP contribution in [-0.2, 0) is 6.18 Å². The summed E-state index contributed by atoms with van der Waals surface area (Å²) >= 11 is 7.15. The lowest BCUT2D eigenvalue weighted by Gasteiger charge is -2.11. The van der Waals surface area contributed by atoms with Crippen molar-refractivity contribution in [2.24, 2.45) is 5.92 Å². The minimum absolute atomic E-state index is 0.0206. The van der Waals surface area contributed by atoms with Crippen molar-refractivity contribution in [3.8, 4) is 0 Å². The molecule has 0 aliphatic heterocycles. The van der Waals surface area contributed by atoms with Crippen molar-refractivity contribution >= 4 is 40.0 Å². The van der Waals surface area contributed by atoms with Crippen LogP contribution in [0.15, 0.2) is 23.2 Å². The second-order valence-corrected chi connectivity index (χ2v) is 6.77. The Labute approximate surface area is 143 Å². The lowest BCUT2D eigenvalue weighted by Crippen LogP contribution is -2.12. The maximum atomic E-state index is 13.3. The van der Waals surface area contributed by atoms with Crippen LogP contribution in [0.4, 0.5) is 13.2 Å². The highest BCUT2D eigenvalue weighted by atomic mass is 35.5. The summed E-state index contributed by atoms with van der Waals surface area (Å²) in [5.41, 5.74) is 0.568. The van der Waals surface area contributed by atoms with Crippen molar-refractivity contribution in [2.45, 2.75) is 18.1 Å². The Bertz CT molecular complexity index is 899. The average molecular weight is 377 g/mol. The normalized spacial score (nSPS) is 13.8. The monoisotopic (exact) mass is 376 g/mol. The lowest BCUT2D eigenvalue weighted by atomic mass is 10.2. The predicted molar refractivity (Wildman–Crippen MR) is 85.3 cm³/mol. The first-order valence-electron chi connectivity index (χ1n) is 6.96. The number of nitrogens with zero attached hydrogens (tertiary/aromatic N) is 4. The second kappa shape index (κ2) is 6.38. The van der Waals surface area contributed by atoms with Crippen molar-refractivity contribution in [2.75, 3.05) is 12.4 Å². The number of aliphatic hydroxyl groups excluding tert-OH is 1. The maximum Gasteiger partial charge on any atom is 0.452 e. The minimum atomic E-state index is -4.66. The van der Waals surface area contributed by atoms with Crippen LogP contribution in [0.25, 0.3) is 16.7 Å². The van der Waals surface area contributed by atoms with Crippen LogP contribution in [-0.4, -0.2) is 37.0 Å². The molecule has 0 aliphatic rings. The standard InChI is InChI=1S/C14H12ClF3N4OS/c1-7(5-23)6-24-12-11-20-21-13(14(16,17)18)22(11)10-4-8(15)2-3-9(10)19-12/h2-4,7,23H,5-6H2,1H3. The van der Waals surface area contributed by atoms with E-state index in [1.54, 1.807) is 12.1 Å². The Morgan fingerprint density at radius 3 is 2.75 bits per heavy atom. The van der Waals surface area contributed by atoms with E-state index < -0.39 is 12.0 Å². The summed E-state index contributed by atoms with van der Waals surface area (Å²) in [6.45, 7) is 1.81. The smallest absolute Gasteiger partial charge is 0.396 e. The molecule has 1 atom stereocenters. The summed E-state index contributed by atoms with van der Waals surface area (Å²) < 4.78 is 40.7. The van der Waals surface area contributed by atoms with Gasteiger partial charge in [0.05, 0.1) is 11.0 Å². The summed E-state index contributed by atoms with van der Waals surface area (Å²) in [6.07, 6.45) is -4.66. The van der Waals surface area contributed by atoms with E-state index in [9.17, 15) is 13.2 Å². The summed E-state index contributed by atoms with van der Waals surface area (Å²) in [5.74, 6) is -0.654. The molecule has 3 aromatic rings. The number of fused-ring (bicyclic) bond motifs is 3. The number of alkyl halides is 3. The number of hydrogen-bond donors (Lipinski definition) is 1. The van der Waals surface area contributed by atoms with Gasteiger partial charge < -0.3 is 5.11 Å². The molecule has 0 saturated carbocycles. The first-order chi connectivity index (χ1) is 11.3. The van der Waals surface area contributed by atoms with Crippen LogP contribution in [0, 0.1) is 5.92 Å². The third-order valence-electron chi connectivity index (χ3n) is 3.32. The van der Waals surface area contributed by atoms with E-state index in [0.29, 0.717) is 21.3 Å². The first-order valence-corrected chi connectivity index (χ1v) is 8.33. The molecule has 0 radical (unpaired) electrons. The van der Waals surface area contributed by atoms with E-state index in [-0.39, 0.29) is 23.7 Å². The molecule has 0 saturated heterocycles. The molecule has 10 heteroatoms. The van der Waals surface area contributed by atoms with Gasteiger partial charge in [0.25, 0.3) is 0 Å². The molecule has 0 fully saturated rings. The van der Waals surface area contributed by atoms with E-state index in [1.807, 2.05) is 6.92 Å². The van der Waals surface area contributed by atoms with Crippen molar-refractivity contribution in [1.29, 1.82) is 0 Å². The number of halogens is 4. The van der Waals surface area contributed by atoms with Crippen molar-refractivity contribution in [3.63, 3.8) is 0 Å². The van der Waals surface area contributed by atoms with Crippen LogP contribution in [0.2, 0.25) is 5.02 Å². The molecule has 1 unspecified atom stereocenters. The minimum Gasteiger partial charge on any atom is -0.396 e. The van der Waals surface area contributed by atoms with Crippen LogP contribution < -0.4 is 0 Å². The highest BCUT2D eigenvalue weighted by molar-refractivity contribution is 7.99. The molecular weight excluding hydrogens is 365 g/mol. The van der Waals surface area contributed by atoms with E-state index in [0.717, 1.165) is 4.40 Å². The number of aliphatic hydroxyl groups is 1. The van der Waals surface area contributed by atoms with Gasteiger partial charge in [0.2, 0.25) is 5.82 Å². The number of thioether (sulfide) groups is 1. The molecule has 5 nitrogen and oxygen atoms in total. The lowest BCUT2D eigenvalue weighted by molar-refractivity contribution is -0.145. The maximum absolute atomic E-state index is 13.3. The predicted octanol–water partition coefficient (Wildman–Crippen LogP) is 3.67. The number of rotatable bonds is 4. The fourth-order valence-corrected chi connectivity index (χ4v) is 3.27. The Balaban J connectivity index is 2.26. The molecule has 2 heterocycles. The summed E-state index contributed by atoms with van der Waals surface area (Å²) in [5, 5.41) is 16.7. The fourth-order valence-electron chi connectivity index (χ4n) is 2.13. The molecule has 1 N–H and O–H groups in total. The Morgan fingerprint density at radius 1 is 1.33 bits per heavy atom. The van der Waals surface area contributed by atoms with Gasteiger partial charge in [-0.25, -0.2) is 4.98 Å². The SMILES string of the molecule is CC(CO)CSc1nc2ccc(Cl)cc2n2c(C(F)(F)F)nnc12. The molecule has 2 aromatic heterocycles. The average Bonchev–Trinajstić information content (AvgIpc) is 2.98. The highest BCUT2D eigenvalue weighted by Gasteiger charge is 2.38. The summed E-state index contributed by atoms with van der Waals surface area (Å²) in [6, 6.07) is 4.52. The third kappa shape index (κ3) is 3.15. The van der Waals surface area contributed by atoms with E-state index >= 15 is 0 Å². The zero-order valence-corrected chi connectivity index (χ0v) is 14.0. The Morgan fingerprint density at radius 2 is 2.08 bits per heavy atom. The molecule has 0 bridgehead atoms. The number of hydrogen-bond acceptors (Lipinski definition) is 5. The zero-order chi connectivity index (χ0) is 17.5. The molecule has 24 heavy (non-hydrogen) atoms. The number of benzene rings is 1. The van der Waals surface area contributed by atoms with Crippen LogP contribution in [0.5, 0.6) is 0 Å². The molecule has 0 aliphatic carbocycles. The summed E-state index contributed by atoms with van der Waals surface area (Å²) in [7, 11) is 0. The Kier molecular flexibility index (Phi) is 4.58. The second-order valence-electron chi connectivity index (χ2n) is 5.33. The van der Waals surface area contributed by atoms with E-state index in [2.05, 4.69) is 15.2 Å². The van der Waals surface area contributed by atoms with Crippen molar-refractivity contribution in [3.05, 3.63) is 29.0 Å². The van der Waals surface area contributed by atoms with Gasteiger partial charge in [0.1, 0.15) is 5.03 Å². The molecule has 0 spiro atoms. The van der Waals surface area contributed by atoms with Gasteiger partial charge in [-0.05, 0) is 24.1 Å². The molecule has 128 valence electrons. The van der Waals surface area contributed by atoms with Gasteiger partial charge in [-0.15, -0.1) is 22.0 Å². The van der Waals surface area contributed by atoms with Crippen LogP contribution in [0.1, 0.15) is 12.7 Å². The van der Waals surface area contributed by atoms with Gasteiger partial charge >= 0.3 is 6.18 Å². The quantitative estimate of drug-likeness (QED) is 0.704. The molecule has 1 aromatic carbocycles. The largest absolute Gasteiger partial charge is 0.452 e. The zero-order valence-electron chi connectivity index (χ0n) is 12.4. The highest BCUT2D eigenvalue weighted by Crippen LogP contribution is 2.33. The molecular formula is C14H12ClF3N4OS. The third-order valence-corrected chi connectivity index (χ3v) is 4.84. The number of aromatic nitrogens is 4. The van der Waals surface area contributed by atoms with Gasteiger partial charge in [0, 0.05) is 17.4 Å².